The number of hydrogen-bond donors (Lipinski definition) is 2. The number of hydrogen-bond acceptors (Lipinski definition) is 2. The first-order valence-corrected chi connectivity index (χ1v) is 11.0. The van der Waals surface area contributed by atoms with Crippen molar-refractivity contribution in [3.8, 4) is 0 Å². The lowest BCUT2D eigenvalue weighted by Crippen LogP contribution is -2.16. The van der Waals surface area contributed by atoms with E-state index in [4.69, 9.17) is 0 Å². The van der Waals surface area contributed by atoms with Crippen molar-refractivity contribution in [3.63, 3.8) is 0 Å². The van der Waals surface area contributed by atoms with Crippen molar-refractivity contribution in [2.45, 2.75) is 0 Å². The summed E-state index contributed by atoms with van der Waals surface area (Å²) in [6.45, 7) is 0. The molecule has 0 aliphatic rings. The summed E-state index contributed by atoms with van der Waals surface area (Å²) in [5.41, 5.74) is 0.510. The maximum absolute atomic E-state index is 14.2. The molecule has 160 valence electrons. The molecule has 4 nitrogen and oxygen atoms in total. The summed E-state index contributed by atoms with van der Waals surface area (Å²) in [5, 5.41) is 6.68. The zero-order valence-corrected chi connectivity index (χ0v) is 19.4. The molecule has 0 spiro atoms. The number of rotatable bonds is 4. The van der Waals surface area contributed by atoms with Crippen LogP contribution < -0.4 is 10.6 Å². The smallest absolute Gasteiger partial charge is 0.258 e. The van der Waals surface area contributed by atoms with Gasteiger partial charge in [0.2, 0.25) is 0 Å². The van der Waals surface area contributed by atoms with Crippen LogP contribution in [0, 0.1) is 11.6 Å². The minimum atomic E-state index is -0.670. The van der Waals surface area contributed by atoms with Crippen molar-refractivity contribution in [2.75, 3.05) is 10.6 Å². The number of anilines is 2. The molecular weight excluding hydrogens is 546 g/mol. The van der Waals surface area contributed by atoms with E-state index in [1.54, 1.807) is 48.5 Å². The number of fused-ring (bicyclic) bond motifs is 1. The van der Waals surface area contributed by atoms with Crippen molar-refractivity contribution >= 4 is 65.8 Å². The molecule has 4 aromatic rings. The average Bonchev–Trinajstić information content (AvgIpc) is 2.73. The van der Waals surface area contributed by atoms with Crippen LogP contribution in [0.5, 0.6) is 0 Å². The maximum atomic E-state index is 14.2. The Bertz CT molecular complexity index is 1280. The number of carbonyl (C=O) groups excluding carboxylic acids is 2. The van der Waals surface area contributed by atoms with E-state index < -0.39 is 23.4 Å². The summed E-state index contributed by atoms with van der Waals surface area (Å²) in [6, 6.07) is 18.7. The van der Waals surface area contributed by atoms with Gasteiger partial charge < -0.3 is 10.6 Å². The van der Waals surface area contributed by atoms with Gasteiger partial charge in [0.05, 0.1) is 22.5 Å². The van der Waals surface area contributed by atoms with Crippen LogP contribution in [0.4, 0.5) is 20.2 Å². The highest BCUT2D eigenvalue weighted by atomic mass is 79.9. The van der Waals surface area contributed by atoms with Gasteiger partial charge >= 0.3 is 0 Å². The lowest BCUT2D eigenvalue weighted by atomic mass is 10.1. The molecule has 0 unspecified atom stereocenters. The highest BCUT2D eigenvalue weighted by Crippen LogP contribution is 2.32. The summed E-state index contributed by atoms with van der Waals surface area (Å²) in [6.07, 6.45) is 0. The van der Waals surface area contributed by atoms with Crippen LogP contribution in [-0.2, 0) is 0 Å². The minimum Gasteiger partial charge on any atom is -0.321 e. The molecule has 0 radical (unpaired) electrons. The van der Waals surface area contributed by atoms with Gasteiger partial charge in [-0.1, -0.05) is 56.1 Å². The first-order valence-electron chi connectivity index (χ1n) is 9.38. The highest BCUT2D eigenvalue weighted by Gasteiger charge is 2.17. The number of carbonyl (C=O) groups is 2. The fraction of sp³-hybridized carbons (Fsp3) is 0. The van der Waals surface area contributed by atoms with E-state index >= 15 is 0 Å². The van der Waals surface area contributed by atoms with E-state index in [0.717, 1.165) is 5.39 Å². The molecule has 0 aromatic heterocycles. The molecule has 0 saturated heterocycles. The zero-order chi connectivity index (χ0) is 22.8. The molecule has 0 heterocycles. The summed E-state index contributed by atoms with van der Waals surface area (Å²) >= 11 is 6.33. The van der Waals surface area contributed by atoms with Gasteiger partial charge in [-0.15, -0.1) is 0 Å². The van der Waals surface area contributed by atoms with E-state index in [1.165, 1.54) is 24.3 Å². The van der Waals surface area contributed by atoms with Crippen molar-refractivity contribution in [1.82, 2.24) is 0 Å². The molecule has 0 aliphatic heterocycles. The van der Waals surface area contributed by atoms with Gasteiger partial charge in [-0.3, -0.25) is 9.59 Å². The lowest BCUT2D eigenvalue weighted by Gasteiger charge is -2.14. The molecule has 8 heteroatoms. The molecule has 0 bridgehead atoms. The molecule has 2 amide bonds. The highest BCUT2D eigenvalue weighted by molar-refractivity contribution is 9.10. The van der Waals surface area contributed by atoms with Crippen LogP contribution in [-0.4, -0.2) is 11.8 Å². The standard InChI is InChI=1S/C24H14Br2F2N2O2/c25-14-7-9-16(18(27)11-14)23(31)29-20-5-1-3-13-4-2-6-21(22(13)20)30-24(32)17-10-8-15(26)12-19(17)28/h1-12H,(H,29,31)(H,30,32). The Labute approximate surface area is 198 Å². The molecule has 0 aliphatic carbocycles. The van der Waals surface area contributed by atoms with Gasteiger partial charge in [0.25, 0.3) is 11.8 Å². The Morgan fingerprint density at radius 2 is 1.09 bits per heavy atom. The van der Waals surface area contributed by atoms with Gasteiger partial charge in [-0.25, -0.2) is 8.78 Å². The first kappa shape index (κ1) is 22.1. The van der Waals surface area contributed by atoms with Crippen LogP contribution >= 0.6 is 31.9 Å². The predicted molar refractivity (Wildman–Crippen MR) is 128 cm³/mol. The third-order valence-electron chi connectivity index (χ3n) is 4.75. The zero-order valence-electron chi connectivity index (χ0n) is 16.3. The van der Waals surface area contributed by atoms with Gasteiger partial charge in [-0.2, -0.15) is 0 Å². The van der Waals surface area contributed by atoms with E-state index in [9.17, 15) is 18.4 Å². The lowest BCUT2D eigenvalue weighted by molar-refractivity contribution is 0.101. The predicted octanol–water partition coefficient (Wildman–Crippen LogP) is 7.15. The summed E-state index contributed by atoms with van der Waals surface area (Å²) < 4.78 is 29.5. The van der Waals surface area contributed by atoms with Crippen LogP contribution in [0.2, 0.25) is 0 Å². The molecular formula is C24H14Br2F2N2O2. The van der Waals surface area contributed by atoms with E-state index in [1.807, 2.05) is 0 Å². The van der Waals surface area contributed by atoms with Crippen molar-refractivity contribution in [2.24, 2.45) is 0 Å². The molecule has 4 aromatic carbocycles. The van der Waals surface area contributed by atoms with Gasteiger partial charge in [0, 0.05) is 14.3 Å². The Kier molecular flexibility index (Phi) is 6.34. The third kappa shape index (κ3) is 4.56. The summed E-state index contributed by atoms with van der Waals surface area (Å²) in [4.78, 5) is 25.4. The Hall–Kier alpha value is -3.10. The molecule has 2 N–H and O–H groups in total. The normalized spacial score (nSPS) is 10.8. The van der Waals surface area contributed by atoms with Crippen LogP contribution in [0.1, 0.15) is 20.7 Å². The van der Waals surface area contributed by atoms with Crippen molar-refractivity contribution in [1.29, 1.82) is 0 Å². The van der Waals surface area contributed by atoms with Crippen molar-refractivity contribution < 1.29 is 18.4 Å². The monoisotopic (exact) mass is 558 g/mol. The second kappa shape index (κ2) is 9.18. The molecule has 32 heavy (non-hydrogen) atoms. The maximum Gasteiger partial charge on any atom is 0.258 e. The van der Waals surface area contributed by atoms with Crippen LogP contribution in [0.15, 0.2) is 81.7 Å². The summed E-state index contributed by atoms with van der Waals surface area (Å²) in [7, 11) is 0. The van der Waals surface area contributed by atoms with E-state index in [0.29, 0.717) is 25.7 Å². The first-order chi connectivity index (χ1) is 15.3. The Morgan fingerprint density at radius 3 is 1.50 bits per heavy atom. The van der Waals surface area contributed by atoms with Gasteiger partial charge in [0.1, 0.15) is 11.6 Å². The minimum absolute atomic E-state index is 0.122. The van der Waals surface area contributed by atoms with Gasteiger partial charge in [-0.05, 0) is 53.9 Å². The average molecular weight is 560 g/mol. The Morgan fingerprint density at radius 1 is 0.656 bits per heavy atom. The quantitative estimate of drug-likeness (QED) is 0.279. The molecule has 0 saturated carbocycles. The largest absolute Gasteiger partial charge is 0.321 e. The Balaban J connectivity index is 1.70. The third-order valence-corrected chi connectivity index (χ3v) is 5.74. The SMILES string of the molecule is O=C(Nc1cccc2cccc(NC(=O)c3ccc(Br)cc3F)c12)c1ccc(Br)cc1F. The number of benzene rings is 4. The number of halogens is 4. The van der Waals surface area contributed by atoms with Crippen LogP contribution in [0.3, 0.4) is 0 Å². The fourth-order valence-electron chi connectivity index (χ4n) is 3.28. The number of amides is 2. The second-order valence-corrected chi connectivity index (χ2v) is 8.70. The fourth-order valence-corrected chi connectivity index (χ4v) is 3.94. The number of nitrogens with one attached hydrogen (secondary N) is 2. The topological polar surface area (TPSA) is 58.2 Å². The summed E-state index contributed by atoms with van der Waals surface area (Å²) in [5.74, 6) is -2.61. The molecule has 4 rings (SSSR count). The second-order valence-electron chi connectivity index (χ2n) is 6.87. The van der Waals surface area contributed by atoms with E-state index in [2.05, 4.69) is 42.5 Å². The van der Waals surface area contributed by atoms with Gasteiger partial charge in [0.15, 0.2) is 0 Å². The molecule has 0 atom stereocenters. The van der Waals surface area contributed by atoms with Crippen molar-refractivity contribution in [3.05, 3.63) is 105 Å². The van der Waals surface area contributed by atoms with Crippen LogP contribution in [0.25, 0.3) is 10.8 Å². The van der Waals surface area contributed by atoms with E-state index in [-0.39, 0.29) is 11.1 Å². The molecule has 0 fully saturated rings.